The Balaban J connectivity index is 3.52. The summed E-state index contributed by atoms with van der Waals surface area (Å²) < 4.78 is 22.0. The third-order valence-electron chi connectivity index (χ3n) is 1.70. The van der Waals surface area contributed by atoms with E-state index in [9.17, 15) is 18.0 Å². The molecular weight excluding hydrogens is 299 g/mol. The lowest BCUT2D eigenvalue weighted by Gasteiger charge is -2.03. The standard InChI is InChI=1S/C8H3Cl3O4S/c9-7(12)5-2-1-4(16(11,14)15)3-6(5)8(10)13/h1-3H. The van der Waals surface area contributed by atoms with Gasteiger partial charge in [0.1, 0.15) is 0 Å². The third kappa shape index (κ3) is 2.95. The van der Waals surface area contributed by atoms with Crippen LogP contribution in [0.3, 0.4) is 0 Å². The van der Waals surface area contributed by atoms with Crippen LogP contribution in [0, 0.1) is 0 Å². The highest BCUT2D eigenvalue weighted by atomic mass is 35.7. The van der Waals surface area contributed by atoms with Gasteiger partial charge in [0.2, 0.25) is 0 Å². The normalized spacial score (nSPS) is 11.2. The van der Waals surface area contributed by atoms with Gasteiger partial charge in [0.25, 0.3) is 19.5 Å². The average molecular weight is 302 g/mol. The Labute approximate surface area is 106 Å². The molecule has 0 unspecified atom stereocenters. The van der Waals surface area contributed by atoms with Gasteiger partial charge in [0.15, 0.2) is 0 Å². The Morgan fingerprint density at radius 1 is 1.00 bits per heavy atom. The topological polar surface area (TPSA) is 68.3 Å². The number of carbonyl (C=O) groups is 2. The van der Waals surface area contributed by atoms with Gasteiger partial charge >= 0.3 is 0 Å². The van der Waals surface area contributed by atoms with E-state index in [4.69, 9.17) is 33.9 Å². The first-order valence-electron chi connectivity index (χ1n) is 3.72. The van der Waals surface area contributed by atoms with Crippen LogP contribution in [0.2, 0.25) is 0 Å². The predicted molar refractivity (Wildman–Crippen MR) is 59.8 cm³/mol. The van der Waals surface area contributed by atoms with Gasteiger partial charge < -0.3 is 0 Å². The Morgan fingerprint density at radius 2 is 1.50 bits per heavy atom. The fourth-order valence-corrected chi connectivity index (χ4v) is 2.11. The van der Waals surface area contributed by atoms with E-state index in [0.29, 0.717) is 0 Å². The fraction of sp³-hybridized carbons (Fsp3) is 0. The molecule has 86 valence electrons. The first-order chi connectivity index (χ1) is 7.23. The van der Waals surface area contributed by atoms with E-state index in [1.807, 2.05) is 0 Å². The van der Waals surface area contributed by atoms with Crippen molar-refractivity contribution in [3.8, 4) is 0 Å². The summed E-state index contributed by atoms with van der Waals surface area (Å²) in [7, 11) is 1.07. The van der Waals surface area contributed by atoms with Crippen LogP contribution in [-0.2, 0) is 9.05 Å². The van der Waals surface area contributed by atoms with Gasteiger partial charge in [-0.15, -0.1) is 0 Å². The minimum absolute atomic E-state index is 0.175. The molecule has 0 aliphatic carbocycles. The Hall–Kier alpha value is -0.620. The molecule has 1 rings (SSSR count). The molecule has 0 radical (unpaired) electrons. The van der Waals surface area contributed by atoms with Crippen LogP contribution in [0.25, 0.3) is 0 Å². The highest BCUT2D eigenvalue weighted by molar-refractivity contribution is 8.13. The summed E-state index contributed by atoms with van der Waals surface area (Å²) in [6, 6.07) is 3.02. The molecule has 0 aliphatic rings. The maximum Gasteiger partial charge on any atom is 0.261 e. The largest absolute Gasteiger partial charge is 0.276 e. The van der Waals surface area contributed by atoms with Crippen molar-refractivity contribution in [2.24, 2.45) is 0 Å². The second-order valence-electron chi connectivity index (χ2n) is 2.69. The van der Waals surface area contributed by atoms with Gasteiger partial charge in [-0.05, 0) is 41.4 Å². The van der Waals surface area contributed by atoms with E-state index in [1.54, 1.807) is 0 Å². The van der Waals surface area contributed by atoms with E-state index in [2.05, 4.69) is 0 Å². The summed E-state index contributed by atoms with van der Waals surface area (Å²) >= 11 is 10.4. The first-order valence-corrected chi connectivity index (χ1v) is 6.78. The number of halogens is 3. The number of hydrogen-bond acceptors (Lipinski definition) is 4. The van der Waals surface area contributed by atoms with Gasteiger partial charge in [-0.25, -0.2) is 8.42 Å². The molecule has 1 aromatic rings. The minimum atomic E-state index is -3.99. The van der Waals surface area contributed by atoms with Gasteiger partial charge in [-0.2, -0.15) is 0 Å². The molecule has 1 aromatic carbocycles. The fourth-order valence-electron chi connectivity index (χ4n) is 1.01. The second-order valence-corrected chi connectivity index (χ2v) is 5.95. The highest BCUT2D eigenvalue weighted by Gasteiger charge is 2.19. The smallest absolute Gasteiger partial charge is 0.261 e. The zero-order valence-electron chi connectivity index (χ0n) is 7.41. The van der Waals surface area contributed by atoms with E-state index in [-0.39, 0.29) is 16.0 Å². The third-order valence-corrected chi connectivity index (χ3v) is 3.45. The van der Waals surface area contributed by atoms with Crippen LogP contribution >= 0.6 is 33.9 Å². The summed E-state index contributed by atoms with van der Waals surface area (Å²) in [4.78, 5) is 21.5. The minimum Gasteiger partial charge on any atom is -0.276 e. The Kier molecular flexibility index (Phi) is 3.96. The van der Waals surface area contributed by atoms with Gasteiger partial charge in [0.05, 0.1) is 4.90 Å². The molecule has 8 heteroatoms. The molecule has 0 amide bonds. The summed E-state index contributed by atoms with van der Waals surface area (Å²) in [5.74, 6) is 0. The van der Waals surface area contributed by atoms with Crippen LogP contribution < -0.4 is 0 Å². The van der Waals surface area contributed by atoms with Crippen LogP contribution in [0.1, 0.15) is 20.7 Å². The van der Waals surface area contributed by atoms with Crippen LogP contribution in [0.4, 0.5) is 0 Å². The Morgan fingerprint density at radius 3 is 1.88 bits per heavy atom. The molecule has 0 spiro atoms. The maximum absolute atomic E-state index is 11.0. The van der Waals surface area contributed by atoms with Gasteiger partial charge in [-0.3, -0.25) is 9.59 Å². The van der Waals surface area contributed by atoms with Crippen molar-refractivity contribution >= 4 is 53.4 Å². The van der Waals surface area contributed by atoms with Gasteiger partial charge in [0, 0.05) is 21.8 Å². The van der Waals surface area contributed by atoms with E-state index < -0.39 is 19.5 Å². The number of rotatable bonds is 3. The molecule has 0 aromatic heterocycles. The summed E-state index contributed by atoms with van der Waals surface area (Å²) in [5.41, 5.74) is -0.478. The Bertz CT molecular complexity index is 565. The van der Waals surface area contributed by atoms with Crippen molar-refractivity contribution < 1.29 is 18.0 Å². The van der Waals surface area contributed by atoms with E-state index in [1.165, 1.54) is 0 Å². The van der Waals surface area contributed by atoms with Crippen molar-refractivity contribution in [1.82, 2.24) is 0 Å². The average Bonchev–Trinajstić information content (AvgIpc) is 2.15. The molecule has 0 saturated carbocycles. The summed E-state index contributed by atoms with van der Waals surface area (Å²) in [6.07, 6.45) is 0. The van der Waals surface area contributed by atoms with Crippen LogP contribution in [-0.4, -0.2) is 18.9 Å². The van der Waals surface area contributed by atoms with Crippen LogP contribution in [0.15, 0.2) is 23.1 Å². The molecule has 0 saturated heterocycles. The van der Waals surface area contributed by atoms with Crippen LogP contribution in [0.5, 0.6) is 0 Å². The first kappa shape index (κ1) is 13.4. The maximum atomic E-state index is 11.0. The lowest BCUT2D eigenvalue weighted by atomic mass is 10.1. The van der Waals surface area contributed by atoms with Gasteiger partial charge in [-0.1, -0.05) is 0 Å². The lowest BCUT2D eigenvalue weighted by Crippen LogP contribution is -2.03. The van der Waals surface area contributed by atoms with Crippen molar-refractivity contribution in [3.05, 3.63) is 29.3 Å². The molecule has 0 fully saturated rings. The number of benzene rings is 1. The number of hydrogen-bond donors (Lipinski definition) is 0. The molecule has 0 atom stereocenters. The van der Waals surface area contributed by atoms with E-state index >= 15 is 0 Å². The molecule has 16 heavy (non-hydrogen) atoms. The van der Waals surface area contributed by atoms with E-state index in [0.717, 1.165) is 18.2 Å². The molecule has 4 nitrogen and oxygen atoms in total. The van der Waals surface area contributed by atoms with Crippen molar-refractivity contribution in [3.63, 3.8) is 0 Å². The highest BCUT2D eigenvalue weighted by Crippen LogP contribution is 2.22. The SMILES string of the molecule is O=C(Cl)c1ccc(S(=O)(=O)Cl)cc1C(=O)Cl. The monoisotopic (exact) mass is 300 g/mol. The van der Waals surface area contributed by atoms with Crippen molar-refractivity contribution in [2.75, 3.05) is 0 Å². The van der Waals surface area contributed by atoms with Crippen molar-refractivity contribution in [1.29, 1.82) is 0 Å². The molecular formula is C8H3Cl3O4S. The second kappa shape index (κ2) is 4.71. The zero-order chi connectivity index (χ0) is 12.5. The lowest BCUT2D eigenvalue weighted by molar-refractivity contribution is 0.105. The molecule has 0 bridgehead atoms. The zero-order valence-corrected chi connectivity index (χ0v) is 10.5. The summed E-state index contributed by atoms with van der Waals surface area (Å²) in [5, 5.41) is -1.91. The molecule has 0 N–H and O–H groups in total. The quantitative estimate of drug-likeness (QED) is 0.804. The van der Waals surface area contributed by atoms with Crippen molar-refractivity contribution in [2.45, 2.75) is 4.90 Å². The predicted octanol–water partition coefficient (Wildman–Crippen LogP) is 2.37. The molecule has 0 heterocycles. The molecule has 0 aliphatic heterocycles. The number of carbonyl (C=O) groups excluding carboxylic acids is 2. The summed E-state index contributed by atoms with van der Waals surface area (Å²) in [6.45, 7) is 0.